The van der Waals surface area contributed by atoms with Crippen molar-refractivity contribution >= 4 is 11.9 Å². The van der Waals surface area contributed by atoms with Crippen molar-refractivity contribution in [1.29, 1.82) is 0 Å². The molecule has 3 amide bonds. The lowest BCUT2D eigenvalue weighted by atomic mass is 10.0. The maximum atomic E-state index is 12.6. The molecule has 0 atom stereocenters. The van der Waals surface area contributed by atoms with Gasteiger partial charge in [0.2, 0.25) is 0 Å². The first kappa shape index (κ1) is 15.8. The number of carbonyl (C=O) groups is 2. The van der Waals surface area contributed by atoms with Gasteiger partial charge in [-0.3, -0.25) is 4.79 Å². The van der Waals surface area contributed by atoms with Crippen molar-refractivity contribution in [3.8, 4) is 0 Å². The molecule has 23 heavy (non-hydrogen) atoms. The summed E-state index contributed by atoms with van der Waals surface area (Å²) in [6.07, 6.45) is 1.75. The van der Waals surface area contributed by atoms with Crippen LogP contribution in [0, 0.1) is 6.92 Å². The summed E-state index contributed by atoms with van der Waals surface area (Å²) < 4.78 is 0. The average molecular weight is 315 g/mol. The van der Waals surface area contributed by atoms with E-state index in [1.807, 2.05) is 52.8 Å². The lowest BCUT2D eigenvalue weighted by Crippen LogP contribution is -2.48. The fraction of sp³-hybridized carbons (Fsp3) is 0.556. The number of carbonyl (C=O) groups excluding carboxylic acids is 2. The van der Waals surface area contributed by atoms with Crippen LogP contribution in [0.3, 0.4) is 0 Å². The maximum absolute atomic E-state index is 12.6. The molecule has 3 rings (SSSR count). The first-order valence-corrected chi connectivity index (χ1v) is 8.52. The summed E-state index contributed by atoms with van der Waals surface area (Å²) in [5, 5.41) is 0. The number of hydrogen-bond donors (Lipinski definition) is 0. The second kappa shape index (κ2) is 6.60. The second-order valence-electron chi connectivity index (χ2n) is 6.39. The first-order valence-electron chi connectivity index (χ1n) is 8.52. The van der Waals surface area contributed by atoms with Crippen molar-refractivity contribution < 1.29 is 9.59 Å². The molecule has 2 aliphatic rings. The largest absolute Gasteiger partial charge is 0.338 e. The molecule has 0 spiro atoms. The number of amides is 3. The summed E-state index contributed by atoms with van der Waals surface area (Å²) in [7, 11) is 0. The average Bonchev–Trinajstić information content (AvgIpc) is 2.95. The summed E-state index contributed by atoms with van der Waals surface area (Å²) in [5.41, 5.74) is 1.81. The molecule has 2 aliphatic heterocycles. The van der Waals surface area contributed by atoms with Gasteiger partial charge in [0.25, 0.3) is 5.91 Å². The summed E-state index contributed by atoms with van der Waals surface area (Å²) in [6, 6.07) is 8.18. The zero-order valence-electron chi connectivity index (χ0n) is 14.0. The van der Waals surface area contributed by atoms with Crippen molar-refractivity contribution in [2.24, 2.45) is 0 Å². The van der Waals surface area contributed by atoms with Gasteiger partial charge in [-0.25, -0.2) is 4.79 Å². The zero-order chi connectivity index (χ0) is 16.4. The van der Waals surface area contributed by atoms with Crippen LogP contribution < -0.4 is 0 Å². The standard InChI is InChI=1S/C18H25N3O2/c1-3-19-12-13-21(18(19)23)15-8-10-20(11-9-15)17(22)16-7-5-4-6-14(16)2/h4-7,15H,3,8-13H2,1-2H3. The molecule has 1 aromatic carbocycles. The highest BCUT2D eigenvalue weighted by atomic mass is 16.2. The normalized spacial score (nSPS) is 19.6. The number of hydrogen-bond acceptors (Lipinski definition) is 2. The first-order chi connectivity index (χ1) is 11.1. The molecule has 0 aromatic heterocycles. The van der Waals surface area contributed by atoms with E-state index in [2.05, 4.69) is 0 Å². The van der Waals surface area contributed by atoms with Gasteiger partial charge in [0.15, 0.2) is 0 Å². The molecule has 0 saturated carbocycles. The highest BCUT2D eigenvalue weighted by molar-refractivity contribution is 5.95. The Morgan fingerprint density at radius 3 is 2.43 bits per heavy atom. The lowest BCUT2D eigenvalue weighted by Gasteiger charge is -2.36. The monoisotopic (exact) mass is 315 g/mol. The Kier molecular flexibility index (Phi) is 4.55. The fourth-order valence-electron chi connectivity index (χ4n) is 3.60. The van der Waals surface area contributed by atoms with Crippen molar-refractivity contribution in [2.75, 3.05) is 32.7 Å². The van der Waals surface area contributed by atoms with E-state index >= 15 is 0 Å². The summed E-state index contributed by atoms with van der Waals surface area (Å²) in [5.74, 6) is 0.115. The topological polar surface area (TPSA) is 43.9 Å². The van der Waals surface area contributed by atoms with Crippen molar-refractivity contribution in [1.82, 2.24) is 14.7 Å². The zero-order valence-corrected chi connectivity index (χ0v) is 14.0. The number of likely N-dealkylation sites (N-methyl/N-ethyl adjacent to an activating group) is 1. The quantitative estimate of drug-likeness (QED) is 0.859. The molecular weight excluding hydrogens is 290 g/mol. The Morgan fingerprint density at radius 1 is 1.13 bits per heavy atom. The third-order valence-corrected chi connectivity index (χ3v) is 5.08. The van der Waals surface area contributed by atoms with E-state index in [9.17, 15) is 9.59 Å². The van der Waals surface area contributed by atoms with Gasteiger partial charge in [-0.15, -0.1) is 0 Å². The number of nitrogens with zero attached hydrogens (tertiary/aromatic N) is 3. The maximum Gasteiger partial charge on any atom is 0.320 e. The highest BCUT2D eigenvalue weighted by Crippen LogP contribution is 2.23. The SMILES string of the molecule is CCN1CCN(C2CCN(C(=O)c3ccccc3C)CC2)C1=O. The van der Waals surface area contributed by atoms with Crippen molar-refractivity contribution in [3.05, 3.63) is 35.4 Å². The third-order valence-electron chi connectivity index (χ3n) is 5.08. The van der Waals surface area contributed by atoms with E-state index in [1.165, 1.54) is 0 Å². The molecular formula is C18H25N3O2. The van der Waals surface area contributed by atoms with Crippen LogP contribution in [-0.4, -0.2) is 65.4 Å². The Labute approximate surface area is 137 Å². The molecule has 2 fully saturated rings. The van der Waals surface area contributed by atoms with Gasteiger partial charge in [0, 0.05) is 44.3 Å². The molecule has 0 bridgehead atoms. The van der Waals surface area contributed by atoms with E-state index in [1.54, 1.807) is 0 Å². The Bertz CT molecular complexity index is 594. The molecule has 1 aromatic rings. The van der Waals surface area contributed by atoms with E-state index in [0.29, 0.717) is 0 Å². The van der Waals surface area contributed by atoms with E-state index in [-0.39, 0.29) is 18.0 Å². The number of piperidine rings is 1. The van der Waals surface area contributed by atoms with Gasteiger partial charge in [-0.2, -0.15) is 0 Å². The lowest BCUT2D eigenvalue weighted by molar-refractivity contribution is 0.0663. The molecule has 5 nitrogen and oxygen atoms in total. The molecule has 5 heteroatoms. The second-order valence-corrected chi connectivity index (χ2v) is 6.39. The van der Waals surface area contributed by atoms with Crippen LogP contribution in [0.4, 0.5) is 4.79 Å². The number of benzene rings is 1. The van der Waals surface area contributed by atoms with Gasteiger partial charge >= 0.3 is 6.03 Å². The Hall–Kier alpha value is -2.04. The molecule has 0 unspecified atom stereocenters. The predicted molar refractivity (Wildman–Crippen MR) is 89.5 cm³/mol. The van der Waals surface area contributed by atoms with Crippen LogP contribution in [0.25, 0.3) is 0 Å². The minimum Gasteiger partial charge on any atom is -0.338 e. The number of likely N-dealkylation sites (tertiary alicyclic amines) is 1. The van der Waals surface area contributed by atoms with Crippen molar-refractivity contribution in [3.63, 3.8) is 0 Å². The molecule has 0 aliphatic carbocycles. The number of rotatable bonds is 3. The van der Waals surface area contributed by atoms with Crippen LogP contribution >= 0.6 is 0 Å². The highest BCUT2D eigenvalue weighted by Gasteiger charge is 2.35. The Balaban J connectivity index is 1.60. The summed E-state index contributed by atoms with van der Waals surface area (Å²) in [6.45, 7) is 7.88. The Morgan fingerprint density at radius 2 is 1.83 bits per heavy atom. The van der Waals surface area contributed by atoms with Gasteiger partial charge in [-0.05, 0) is 38.3 Å². The van der Waals surface area contributed by atoms with Gasteiger partial charge in [0.05, 0.1) is 0 Å². The number of aryl methyl sites for hydroxylation is 1. The van der Waals surface area contributed by atoms with Gasteiger partial charge in [-0.1, -0.05) is 18.2 Å². The van der Waals surface area contributed by atoms with Crippen LogP contribution in [0.1, 0.15) is 35.7 Å². The molecule has 0 N–H and O–H groups in total. The van der Waals surface area contributed by atoms with Crippen LogP contribution in [0.15, 0.2) is 24.3 Å². The summed E-state index contributed by atoms with van der Waals surface area (Å²) >= 11 is 0. The summed E-state index contributed by atoms with van der Waals surface area (Å²) in [4.78, 5) is 30.8. The molecule has 124 valence electrons. The smallest absolute Gasteiger partial charge is 0.320 e. The van der Waals surface area contributed by atoms with Crippen molar-refractivity contribution in [2.45, 2.75) is 32.7 Å². The third kappa shape index (κ3) is 3.05. The van der Waals surface area contributed by atoms with Gasteiger partial charge in [0.1, 0.15) is 0 Å². The van der Waals surface area contributed by atoms with E-state index in [4.69, 9.17) is 0 Å². The number of urea groups is 1. The van der Waals surface area contributed by atoms with Crippen LogP contribution in [-0.2, 0) is 0 Å². The molecule has 2 saturated heterocycles. The van der Waals surface area contributed by atoms with E-state index in [0.717, 1.165) is 56.7 Å². The van der Waals surface area contributed by atoms with Gasteiger partial charge < -0.3 is 14.7 Å². The van der Waals surface area contributed by atoms with Crippen LogP contribution in [0.5, 0.6) is 0 Å². The molecule has 2 heterocycles. The predicted octanol–water partition coefficient (Wildman–Crippen LogP) is 2.36. The minimum atomic E-state index is 0.115. The van der Waals surface area contributed by atoms with E-state index < -0.39 is 0 Å². The fourth-order valence-corrected chi connectivity index (χ4v) is 3.60. The molecule has 0 radical (unpaired) electrons. The minimum absolute atomic E-state index is 0.115. The van der Waals surface area contributed by atoms with Crippen LogP contribution in [0.2, 0.25) is 0 Å².